The number of benzene rings is 1. The van der Waals surface area contributed by atoms with E-state index in [-0.39, 0.29) is 12.1 Å². The minimum Gasteiger partial charge on any atom is -0.496 e. The predicted octanol–water partition coefficient (Wildman–Crippen LogP) is 3.39. The number of hydrogen-bond acceptors (Lipinski definition) is 3. The second-order valence-corrected chi connectivity index (χ2v) is 5.77. The van der Waals surface area contributed by atoms with E-state index in [1.165, 1.54) is 29.5 Å². The van der Waals surface area contributed by atoms with Crippen molar-refractivity contribution in [3.63, 3.8) is 0 Å². The summed E-state index contributed by atoms with van der Waals surface area (Å²) < 4.78 is 11.4. The van der Waals surface area contributed by atoms with Crippen molar-refractivity contribution >= 4 is 0 Å². The van der Waals surface area contributed by atoms with Crippen LogP contribution in [0.5, 0.6) is 5.75 Å². The molecule has 1 N–H and O–H groups in total. The second kappa shape index (κ2) is 6.59. The summed E-state index contributed by atoms with van der Waals surface area (Å²) in [6.45, 7) is 7.33. The minimum atomic E-state index is 0.202. The van der Waals surface area contributed by atoms with Crippen LogP contribution in [0.2, 0.25) is 0 Å². The Morgan fingerprint density at radius 2 is 1.95 bits per heavy atom. The highest BCUT2D eigenvalue weighted by Crippen LogP contribution is 2.42. The van der Waals surface area contributed by atoms with Gasteiger partial charge in [0.15, 0.2) is 0 Å². The first-order valence-corrected chi connectivity index (χ1v) is 7.53. The first kappa shape index (κ1) is 15.3. The van der Waals surface area contributed by atoms with E-state index >= 15 is 0 Å². The Balaban J connectivity index is 2.42. The first-order valence-electron chi connectivity index (χ1n) is 7.53. The average Bonchev–Trinajstić information content (AvgIpc) is 3.22. The van der Waals surface area contributed by atoms with Gasteiger partial charge in [-0.15, -0.1) is 0 Å². The summed E-state index contributed by atoms with van der Waals surface area (Å²) in [4.78, 5) is 0. The second-order valence-electron chi connectivity index (χ2n) is 5.77. The molecule has 1 aromatic carbocycles. The molecule has 0 aliphatic heterocycles. The molecule has 20 heavy (non-hydrogen) atoms. The highest BCUT2D eigenvalue weighted by Gasteiger charge is 2.38. The molecule has 1 fully saturated rings. The number of nitrogens with one attached hydrogen (secondary N) is 1. The fourth-order valence-corrected chi connectivity index (χ4v) is 3.14. The van der Waals surface area contributed by atoms with Gasteiger partial charge in [0.1, 0.15) is 5.75 Å². The lowest BCUT2D eigenvalue weighted by molar-refractivity contribution is 0.0502. The molecule has 1 aromatic rings. The molecule has 0 aromatic heterocycles. The number of likely N-dealkylation sites (N-methyl/N-ethyl adjacent to an activating group) is 1. The molecular weight excluding hydrogens is 250 g/mol. The van der Waals surface area contributed by atoms with Gasteiger partial charge in [0, 0.05) is 12.7 Å². The number of methoxy groups -OCH3 is 2. The van der Waals surface area contributed by atoms with Gasteiger partial charge in [-0.2, -0.15) is 0 Å². The standard InChI is InChI=1S/C17H27NO2/c1-6-18-16(17(20-5)13-7-8-13)15-12(3)9-11(2)10-14(15)19-4/h9-10,13,16-18H,6-8H2,1-5H3. The van der Waals surface area contributed by atoms with E-state index in [0.29, 0.717) is 5.92 Å². The topological polar surface area (TPSA) is 30.5 Å². The average molecular weight is 277 g/mol. The van der Waals surface area contributed by atoms with E-state index in [1.54, 1.807) is 7.11 Å². The van der Waals surface area contributed by atoms with Crippen LogP contribution < -0.4 is 10.1 Å². The van der Waals surface area contributed by atoms with Crippen LogP contribution in [0.25, 0.3) is 0 Å². The Kier molecular flexibility index (Phi) is 5.06. The smallest absolute Gasteiger partial charge is 0.124 e. The minimum absolute atomic E-state index is 0.202. The van der Waals surface area contributed by atoms with Crippen molar-refractivity contribution in [3.05, 3.63) is 28.8 Å². The largest absolute Gasteiger partial charge is 0.496 e. The van der Waals surface area contributed by atoms with E-state index in [4.69, 9.17) is 9.47 Å². The van der Waals surface area contributed by atoms with E-state index < -0.39 is 0 Å². The first-order chi connectivity index (χ1) is 9.62. The van der Waals surface area contributed by atoms with Crippen LogP contribution in [0.4, 0.5) is 0 Å². The number of rotatable bonds is 7. The molecule has 3 heteroatoms. The van der Waals surface area contributed by atoms with Crippen LogP contribution in [-0.2, 0) is 4.74 Å². The predicted molar refractivity (Wildman–Crippen MR) is 82.4 cm³/mol. The van der Waals surface area contributed by atoms with E-state index in [0.717, 1.165) is 12.3 Å². The van der Waals surface area contributed by atoms with Gasteiger partial charge in [0.05, 0.1) is 19.3 Å². The van der Waals surface area contributed by atoms with Crippen LogP contribution >= 0.6 is 0 Å². The Bertz CT molecular complexity index is 455. The molecule has 2 unspecified atom stereocenters. The molecule has 0 saturated heterocycles. The summed E-state index contributed by atoms with van der Waals surface area (Å²) in [5.74, 6) is 1.64. The van der Waals surface area contributed by atoms with Crippen molar-refractivity contribution < 1.29 is 9.47 Å². The highest BCUT2D eigenvalue weighted by molar-refractivity contribution is 5.45. The molecule has 0 radical (unpaired) electrons. The Hall–Kier alpha value is -1.06. The normalized spacial score (nSPS) is 17.9. The molecular formula is C17H27NO2. The summed E-state index contributed by atoms with van der Waals surface area (Å²) in [6.07, 6.45) is 2.77. The molecule has 1 aliphatic carbocycles. The summed E-state index contributed by atoms with van der Waals surface area (Å²) in [5.41, 5.74) is 3.76. The molecule has 3 nitrogen and oxygen atoms in total. The van der Waals surface area contributed by atoms with Gasteiger partial charge in [-0.1, -0.05) is 13.0 Å². The van der Waals surface area contributed by atoms with Gasteiger partial charge in [-0.25, -0.2) is 0 Å². The third-order valence-corrected chi connectivity index (χ3v) is 4.14. The van der Waals surface area contributed by atoms with Gasteiger partial charge in [0.2, 0.25) is 0 Å². The van der Waals surface area contributed by atoms with Crippen LogP contribution in [0.15, 0.2) is 12.1 Å². The lowest BCUT2D eigenvalue weighted by Gasteiger charge is -2.30. The maximum absolute atomic E-state index is 5.81. The quantitative estimate of drug-likeness (QED) is 0.828. The molecule has 0 spiro atoms. The summed E-state index contributed by atoms with van der Waals surface area (Å²) in [7, 11) is 3.57. The van der Waals surface area contributed by atoms with Crippen molar-refractivity contribution in [1.82, 2.24) is 5.32 Å². The van der Waals surface area contributed by atoms with Crippen molar-refractivity contribution in [2.24, 2.45) is 5.92 Å². The Labute approximate surface area is 122 Å². The van der Waals surface area contributed by atoms with Gasteiger partial charge in [-0.3, -0.25) is 0 Å². The van der Waals surface area contributed by atoms with Crippen molar-refractivity contribution in [2.45, 2.75) is 45.8 Å². The number of aryl methyl sites for hydroxylation is 2. The van der Waals surface area contributed by atoms with Gasteiger partial charge < -0.3 is 14.8 Å². The Morgan fingerprint density at radius 3 is 2.45 bits per heavy atom. The van der Waals surface area contributed by atoms with Crippen LogP contribution in [0, 0.1) is 19.8 Å². The van der Waals surface area contributed by atoms with Gasteiger partial charge >= 0.3 is 0 Å². The molecule has 112 valence electrons. The summed E-state index contributed by atoms with van der Waals surface area (Å²) in [5, 5.41) is 3.60. The molecule has 2 atom stereocenters. The third kappa shape index (κ3) is 3.15. The molecule has 1 saturated carbocycles. The highest BCUT2D eigenvalue weighted by atomic mass is 16.5. The summed E-state index contributed by atoms with van der Waals surface area (Å²) in [6, 6.07) is 4.54. The Morgan fingerprint density at radius 1 is 1.25 bits per heavy atom. The van der Waals surface area contributed by atoms with Gasteiger partial charge in [0.25, 0.3) is 0 Å². The lowest BCUT2D eigenvalue weighted by Crippen LogP contribution is -2.35. The molecule has 0 heterocycles. The third-order valence-electron chi connectivity index (χ3n) is 4.14. The van der Waals surface area contributed by atoms with Crippen molar-refractivity contribution in [2.75, 3.05) is 20.8 Å². The van der Waals surface area contributed by atoms with E-state index in [2.05, 4.69) is 38.2 Å². The fraction of sp³-hybridized carbons (Fsp3) is 0.647. The van der Waals surface area contributed by atoms with Gasteiger partial charge in [-0.05, 0) is 56.3 Å². The van der Waals surface area contributed by atoms with Crippen molar-refractivity contribution in [1.29, 1.82) is 0 Å². The van der Waals surface area contributed by atoms with E-state index in [1.807, 2.05) is 7.11 Å². The van der Waals surface area contributed by atoms with Crippen molar-refractivity contribution in [3.8, 4) is 5.75 Å². The molecule has 0 bridgehead atoms. The molecule has 1 aliphatic rings. The zero-order chi connectivity index (χ0) is 14.7. The monoisotopic (exact) mass is 277 g/mol. The van der Waals surface area contributed by atoms with Crippen LogP contribution in [0.1, 0.15) is 42.5 Å². The maximum Gasteiger partial charge on any atom is 0.124 e. The lowest BCUT2D eigenvalue weighted by atomic mass is 9.92. The van der Waals surface area contributed by atoms with E-state index in [9.17, 15) is 0 Å². The molecule has 2 rings (SSSR count). The number of hydrogen-bond donors (Lipinski definition) is 1. The summed E-state index contributed by atoms with van der Waals surface area (Å²) >= 11 is 0. The fourth-order valence-electron chi connectivity index (χ4n) is 3.14. The van der Waals surface area contributed by atoms with Crippen LogP contribution in [-0.4, -0.2) is 26.9 Å². The number of ether oxygens (including phenoxy) is 2. The SMILES string of the molecule is CCNC(c1c(C)cc(C)cc1OC)C(OC)C1CC1. The zero-order valence-electron chi connectivity index (χ0n) is 13.3. The zero-order valence-corrected chi connectivity index (χ0v) is 13.3. The maximum atomic E-state index is 5.81. The molecule has 0 amide bonds. The van der Waals surface area contributed by atoms with Crippen LogP contribution in [0.3, 0.4) is 0 Å².